The van der Waals surface area contributed by atoms with Crippen molar-refractivity contribution in [1.82, 2.24) is 9.80 Å². The molecule has 0 spiro atoms. The maximum Gasteiger partial charge on any atom is 0.225 e. The van der Waals surface area contributed by atoms with Crippen LogP contribution in [0.4, 0.5) is 0 Å². The molecule has 1 aliphatic heterocycles. The number of benzene rings is 1. The summed E-state index contributed by atoms with van der Waals surface area (Å²) < 4.78 is 0. The average molecular weight is 300 g/mol. The molecule has 1 saturated carbocycles. The van der Waals surface area contributed by atoms with Gasteiger partial charge in [-0.3, -0.25) is 9.69 Å². The molecule has 1 aliphatic carbocycles. The van der Waals surface area contributed by atoms with Gasteiger partial charge in [-0.1, -0.05) is 44.2 Å². The Labute approximate surface area is 134 Å². The predicted molar refractivity (Wildman–Crippen MR) is 89.4 cm³/mol. The zero-order valence-electron chi connectivity index (χ0n) is 14.1. The molecule has 0 unspecified atom stereocenters. The van der Waals surface area contributed by atoms with Crippen LogP contribution in [0.1, 0.15) is 32.3 Å². The molecule has 0 radical (unpaired) electrons. The van der Waals surface area contributed by atoms with E-state index < -0.39 is 0 Å². The molecule has 1 heterocycles. The number of carbonyl (C=O) groups is 1. The van der Waals surface area contributed by atoms with E-state index in [4.69, 9.17) is 0 Å². The molecule has 1 aromatic rings. The number of hydrogen-bond donors (Lipinski definition) is 0. The van der Waals surface area contributed by atoms with Crippen molar-refractivity contribution in [3.8, 4) is 0 Å². The standard InChI is InChI=1S/C19H28N2O/c1-19(2)11-17(19)18(22)20(3)12-16-9-10-21(14-16)13-15-7-5-4-6-8-15/h4-8,16-17H,9-14H2,1-3H3/t16-,17+/m1/s1. The van der Waals surface area contributed by atoms with Gasteiger partial charge >= 0.3 is 0 Å². The predicted octanol–water partition coefficient (Wildman–Crippen LogP) is 3.01. The van der Waals surface area contributed by atoms with Gasteiger partial charge in [0.25, 0.3) is 0 Å². The zero-order valence-corrected chi connectivity index (χ0v) is 14.1. The van der Waals surface area contributed by atoms with Crippen molar-refractivity contribution in [3.63, 3.8) is 0 Å². The minimum absolute atomic E-state index is 0.236. The summed E-state index contributed by atoms with van der Waals surface area (Å²) in [5.41, 5.74) is 1.62. The maximum absolute atomic E-state index is 12.4. The van der Waals surface area contributed by atoms with E-state index in [-0.39, 0.29) is 11.3 Å². The Morgan fingerprint density at radius 3 is 2.64 bits per heavy atom. The molecule has 3 nitrogen and oxygen atoms in total. The second-order valence-electron chi connectivity index (χ2n) is 7.84. The largest absolute Gasteiger partial charge is 0.345 e. The third-order valence-corrected chi connectivity index (χ3v) is 5.34. The second-order valence-corrected chi connectivity index (χ2v) is 7.84. The Kier molecular flexibility index (Phi) is 4.26. The SMILES string of the molecule is CN(C[C@H]1CCN(Cc2ccccc2)C1)C(=O)[C@@H]1CC1(C)C. The Bertz CT molecular complexity index is 525. The van der Waals surface area contributed by atoms with Gasteiger partial charge in [-0.15, -0.1) is 0 Å². The molecule has 0 bridgehead atoms. The van der Waals surface area contributed by atoms with Gasteiger partial charge in [0.15, 0.2) is 0 Å². The summed E-state index contributed by atoms with van der Waals surface area (Å²) >= 11 is 0. The summed E-state index contributed by atoms with van der Waals surface area (Å²) in [6.45, 7) is 8.60. The van der Waals surface area contributed by atoms with Crippen LogP contribution in [-0.4, -0.2) is 42.4 Å². The van der Waals surface area contributed by atoms with Crippen molar-refractivity contribution >= 4 is 5.91 Å². The van der Waals surface area contributed by atoms with Gasteiger partial charge in [-0.25, -0.2) is 0 Å². The highest BCUT2D eigenvalue weighted by Gasteiger charge is 2.51. The van der Waals surface area contributed by atoms with Crippen LogP contribution < -0.4 is 0 Å². The van der Waals surface area contributed by atoms with Crippen LogP contribution in [0.25, 0.3) is 0 Å². The number of carbonyl (C=O) groups excluding carboxylic acids is 1. The first-order valence-electron chi connectivity index (χ1n) is 8.47. The first-order chi connectivity index (χ1) is 10.5. The Morgan fingerprint density at radius 2 is 2.00 bits per heavy atom. The van der Waals surface area contributed by atoms with E-state index in [0.29, 0.717) is 11.8 Å². The first kappa shape index (κ1) is 15.5. The molecule has 22 heavy (non-hydrogen) atoms. The third-order valence-electron chi connectivity index (χ3n) is 5.34. The van der Waals surface area contributed by atoms with Gasteiger partial charge in [0.2, 0.25) is 5.91 Å². The topological polar surface area (TPSA) is 23.6 Å². The fraction of sp³-hybridized carbons (Fsp3) is 0.632. The van der Waals surface area contributed by atoms with Crippen LogP contribution in [0.15, 0.2) is 30.3 Å². The molecular weight excluding hydrogens is 272 g/mol. The van der Waals surface area contributed by atoms with Crippen LogP contribution in [-0.2, 0) is 11.3 Å². The van der Waals surface area contributed by atoms with Gasteiger partial charge in [-0.2, -0.15) is 0 Å². The van der Waals surface area contributed by atoms with Gasteiger partial charge in [0, 0.05) is 32.6 Å². The lowest BCUT2D eigenvalue weighted by atomic mass is 10.1. The monoisotopic (exact) mass is 300 g/mol. The van der Waals surface area contributed by atoms with E-state index in [1.807, 2.05) is 11.9 Å². The van der Waals surface area contributed by atoms with Gasteiger partial charge in [0.05, 0.1) is 0 Å². The number of rotatable bonds is 5. The van der Waals surface area contributed by atoms with Crippen LogP contribution >= 0.6 is 0 Å². The maximum atomic E-state index is 12.4. The van der Waals surface area contributed by atoms with E-state index in [1.54, 1.807) is 0 Å². The summed E-state index contributed by atoms with van der Waals surface area (Å²) in [6.07, 6.45) is 2.26. The zero-order chi connectivity index (χ0) is 15.7. The number of amides is 1. The Balaban J connectivity index is 1.46. The quantitative estimate of drug-likeness (QED) is 0.834. The molecule has 0 N–H and O–H groups in total. The van der Waals surface area contributed by atoms with E-state index in [9.17, 15) is 4.79 Å². The summed E-state index contributed by atoms with van der Waals surface area (Å²) in [4.78, 5) is 16.9. The van der Waals surface area contributed by atoms with Crippen LogP contribution in [0.3, 0.4) is 0 Å². The highest BCUT2D eigenvalue weighted by molar-refractivity contribution is 5.82. The van der Waals surface area contributed by atoms with Crippen molar-refractivity contribution < 1.29 is 4.79 Å². The Hall–Kier alpha value is -1.35. The fourth-order valence-corrected chi connectivity index (χ4v) is 3.68. The van der Waals surface area contributed by atoms with E-state index in [1.165, 1.54) is 12.0 Å². The highest BCUT2D eigenvalue weighted by Crippen LogP contribution is 2.52. The lowest BCUT2D eigenvalue weighted by molar-refractivity contribution is -0.132. The minimum Gasteiger partial charge on any atom is -0.345 e. The first-order valence-corrected chi connectivity index (χ1v) is 8.47. The molecule has 2 fully saturated rings. The fourth-order valence-electron chi connectivity index (χ4n) is 3.68. The number of hydrogen-bond acceptors (Lipinski definition) is 2. The molecule has 2 aliphatic rings. The molecule has 2 atom stereocenters. The normalized spacial score (nSPS) is 26.9. The summed E-state index contributed by atoms with van der Waals surface area (Å²) in [7, 11) is 1.98. The van der Waals surface area contributed by atoms with E-state index >= 15 is 0 Å². The molecule has 3 heteroatoms. The average Bonchev–Trinajstić information content (AvgIpc) is 2.91. The van der Waals surface area contributed by atoms with Crippen molar-refractivity contribution in [2.75, 3.05) is 26.7 Å². The molecule has 1 saturated heterocycles. The lowest BCUT2D eigenvalue weighted by Gasteiger charge is -2.22. The summed E-state index contributed by atoms with van der Waals surface area (Å²) in [5, 5.41) is 0. The molecule has 3 rings (SSSR count). The van der Waals surface area contributed by atoms with Crippen molar-refractivity contribution in [2.24, 2.45) is 17.3 Å². The van der Waals surface area contributed by atoms with Crippen LogP contribution in [0.2, 0.25) is 0 Å². The van der Waals surface area contributed by atoms with Crippen molar-refractivity contribution in [2.45, 2.75) is 33.2 Å². The molecule has 0 aromatic heterocycles. The van der Waals surface area contributed by atoms with E-state index in [2.05, 4.69) is 49.1 Å². The number of likely N-dealkylation sites (tertiary alicyclic amines) is 1. The van der Waals surface area contributed by atoms with Gasteiger partial charge < -0.3 is 4.90 Å². The highest BCUT2D eigenvalue weighted by atomic mass is 16.2. The van der Waals surface area contributed by atoms with Crippen molar-refractivity contribution in [1.29, 1.82) is 0 Å². The van der Waals surface area contributed by atoms with Gasteiger partial charge in [0.1, 0.15) is 0 Å². The minimum atomic E-state index is 0.236. The van der Waals surface area contributed by atoms with E-state index in [0.717, 1.165) is 32.6 Å². The smallest absolute Gasteiger partial charge is 0.225 e. The molecule has 120 valence electrons. The second kappa shape index (κ2) is 6.04. The van der Waals surface area contributed by atoms with Gasteiger partial charge in [-0.05, 0) is 36.3 Å². The number of nitrogens with zero attached hydrogens (tertiary/aromatic N) is 2. The summed E-state index contributed by atoms with van der Waals surface area (Å²) in [6, 6.07) is 10.7. The van der Waals surface area contributed by atoms with Crippen LogP contribution in [0, 0.1) is 17.3 Å². The molecule has 1 aromatic carbocycles. The van der Waals surface area contributed by atoms with Crippen molar-refractivity contribution in [3.05, 3.63) is 35.9 Å². The summed E-state index contributed by atoms with van der Waals surface area (Å²) in [5.74, 6) is 1.24. The third kappa shape index (κ3) is 3.52. The Morgan fingerprint density at radius 1 is 1.32 bits per heavy atom. The lowest BCUT2D eigenvalue weighted by Crippen LogP contribution is -2.34. The molecule has 1 amide bonds. The van der Waals surface area contributed by atoms with Crippen LogP contribution in [0.5, 0.6) is 0 Å². The molecular formula is C19H28N2O.